The van der Waals surface area contributed by atoms with E-state index in [9.17, 15) is 9.90 Å². The van der Waals surface area contributed by atoms with Gasteiger partial charge in [-0.1, -0.05) is 36.7 Å². The van der Waals surface area contributed by atoms with Crippen LogP contribution < -0.4 is 0 Å². The average molecular weight is 265 g/mol. The van der Waals surface area contributed by atoms with Gasteiger partial charge < -0.3 is 9.84 Å². The molecule has 0 amide bonds. The summed E-state index contributed by atoms with van der Waals surface area (Å²) in [4.78, 5) is 11.3. The van der Waals surface area contributed by atoms with E-state index in [0.29, 0.717) is 0 Å². The van der Waals surface area contributed by atoms with E-state index in [4.69, 9.17) is 4.74 Å². The van der Waals surface area contributed by atoms with Crippen LogP contribution in [-0.4, -0.2) is 28.1 Å². The third-order valence-corrected chi connectivity index (χ3v) is 4.50. The van der Waals surface area contributed by atoms with E-state index >= 15 is 0 Å². The van der Waals surface area contributed by atoms with Gasteiger partial charge in [-0.25, -0.2) is 0 Å². The SMILES string of the molecule is CCC(Br)(CO)[C@H]1OC(=O)[C@H](C)[C@@H]1C. The maximum atomic E-state index is 11.3. The number of ether oxygens (including phenoxy) is 1. The topological polar surface area (TPSA) is 46.5 Å². The Bertz CT molecular complexity index is 225. The summed E-state index contributed by atoms with van der Waals surface area (Å²) in [5.74, 6) is -0.0859. The fourth-order valence-electron chi connectivity index (χ4n) is 1.80. The molecule has 0 bridgehead atoms. The van der Waals surface area contributed by atoms with Crippen molar-refractivity contribution < 1.29 is 14.6 Å². The molecular formula is C10H17BrO3. The second kappa shape index (κ2) is 4.19. The average Bonchev–Trinajstić information content (AvgIpc) is 2.45. The molecule has 4 heteroatoms. The molecule has 0 saturated carbocycles. The minimum absolute atomic E-state index is 0.0154. The van der Waals surface area contributed by atoms with Crippen molar-refractivity contribution in [2.24, 2.45) is 11.8 Å². The van der Waals surface area contributed by atoms with Crippen molar-refractivity contribution in [1.29, 1.82) is 0 Å². The first-order valence-corrected chi connectivity index (χ1v) is 5.76. The number of carbonyl (C=O) groups is 1. The molecule has 0 aromatic carbocycles. The number of hydrogen-bond donors (Lipinski definition) is 1. The van der Waals surface area contributed by atoms with Gasteiger partial charge in [0.05, 0.1) is 16.8 Å². The number of cyclic esters (lactones) is 1. The Morgan fingerprint density at radius 3 is 2.43 bits per heavy atom. The molecule has 14 heavy (non-hydrogen) atoms. The van der Waals surface area contributed by atoms with Crippen molar-refractivity contribution in [3.63, 3.8) is 0 Å². The van der Waals surface area contributed by atoms with E-state index in [0.717, 1.165) is 6.42 Å². The normalized spacial score (nSPS) is 36.6. The summed E-state index contributed by atoms with van der Waals surface area (Å²) in [6.45, 7) is 5.81. The van der Waals surface area contributed by atoms with Crippen LogP contribution in [0.3, 0.4) is 0 Å². The molecule has 0 aromatic rings. The van der Waals surface area contributed by atoms with Gasteiger partial charge in [0.1, 0.15) is 6.10 Å². The number of halogens is 1. The molecule has 1 N–H and O–H groups in total. The van der Waals surface area contributed by atoms with Crippen LogP contribution in [0.15, 0.2) is 0 Å². The molecule has 0 spiro atoms. The van der Waals surface area contributed by atoms with Crippen molar-refractivity contribution >= 4 is 21.9 Å². The molecule has 3 nitrogen and oxygen atoms in total. The summed E-state index contributed by atoms with van der Waals surface area (Å²) < 4.78 is 4.81. The maximum absolute atomic E-state index is 11.3. The number of aliphatic hydroxyl groups excluding tert-OH is 1. The van der Waals surface area contributed by atoms with E-state index in [1.165, 1.54) is 0 Å². The molecule has 0 aromatic heterocycles. The highest BCUT2D eigenvalue weighted by Gasteiger charge is 2.49. The number of hydrogen-bond acceptors (Lipinski definition) is 3. The zero-order chi connectivity index (χ0) is 10.9. The Morgan fingerprint density at radius 2 is 2.14 bits per heavy atom. The molecule has 1 saturated heterocycles. The van der Waals surface area contributed by atoms with Gasteiger partial charge in [0, 0.05) is 5.92 Å². The van der Waals surface area contributed by atoms with E-state index in [-0.39, 0.29) is 30.5 Å². The summed E-state index contributed by atoms with van der Waals surface area (Å²) in [5.41, 5.74) is 0. The number of aliphatic hydroxyl groups is 1. The first kappa shape index (κ1) is 12.0. The lowest BCUT2D eigenvalue weighted by Crippen LogP contribution is -2.42. The van der Waals surface area contributed by atoms with Crippen molar-refractivity contribution in [1.82, 2.24) is 0 Å². The van der Waals surface area contributed by atoms with Crippen molar-refractivity contribution in [3.8, 4) is 0 Å². The molecule has 4 atom stereocenters. The molecular weight excluding hydrogens is 248 g/mol. The molecule has 1 aliphatic heterocycles. The third kappa shape index (κ3) is 1.82. The minimum atomic E-state index is -0.479. The van der Waals surface area contributed by atoms with Gasteiger partial charge in [-0.2, -0.15) is 0 Å². The number of rotatable bonds is 3. The zero-order valence-corrected chi connectivity index (χ0v) is 10.4. The summed E-state index contributed by atoms with van der Waals surface area (Å²) in [6, 6.07) is 0. The largest absolute Gasteiger partial charge is 0.460 e. The fraction of sp³-hybridized carbons (Fsp3) is 0.900. The van der Waals surface area contributed by atoms with Crippen LogP contribution in [0.4, 0.5) is 0 Å². The van der Waals surface area contributed by atoms with Crippen LogP contribution in [0.5, 0.6) is 0 Å². The van der Waals surface area contributed by atoms with E-state index in [2.05, 4.69) is 15.9 Å². The molecule has 82 valence electrons. The summed E-state index contributed by atoms with van der Waals surface area (Å²) in [5, 5.41) is 9.30. The lowest BCUT2D eigenvalue weighted by Gasteiger charge is -2.32. The Morgan fingerprint density at radius 1 is 1.57 bits per heavy atom. The van der Waals surface area contributed by atoms with Crippen LogP contribution >= 0.6 is 15.9 Å². The maximum Gasteiger partial charge on any atom is 0.309 e. The van der Waals surface area contributed by atoms with Gasteiger partial charge in [-0.15, -0.1) is 0 Å². The van der Waals surface area contributed by atoms with E-state index in [1.54, 1.807) is 0 Å². The van der Waals surface area contributed by atoms with E-state index < -0.39 is 4.32 Å². The number of esters is 1. The second-order valence-corrected chi connectivity index (χ2v) is 5.63. The predicted molar refractivity (Wildman–Crippen MR) is 57.2 cm³/mol. The fourth-order valence-corrected chi connectivity index (χ4v) is 2.31. The highest BCUT2D eigenvalue weighted by molar-refractivity contribution is 9.10. The highest BCUT2D eigenvalue weighted by Crippen LogP contribution is 2.40. The van der Waals surface area contributed by atoms with Crippen LogP contribution in [0.1, 0.15) is 27.2 Å². The molecule has 1 rings (SSSR count). The van der Waals surface area contributed by atoms with Gasteiger partial charge in [-0.3, -0.25) is 4.79 Å². The van der Waals surface area contributed by atoms with Crippen molar-refractivity contribution in [2.75, 3.05) is 6.61 Å². The molecule has 1 aliphatic rings. The standard InChI is InChI=1S/C10H17BrO3/c1-4-10(11,5-12)8-6(2)7(3)9(13)14-8/h6-8,12H,4-5H2,1-3H3/t6-,7+,8-,10?/m0/s1. The number of alkyl halides is 1. The van der Waals surface area contributed by atoms with Gasteiger partial charge >= 0.3 is 5.97 Å². The smallest absolute Gasteiger partial charge is 0.309 e. The van der Waals surface area contributed by atoms with Gasteiger partial charge in [-0.05, 0) is 6.42 Å². The van der Waals surface area contributed by atoms with Crippen LogP contribution in [-0.2, 0) is 9.53 Å². The van der Waals surface area contributed by atoms with Crippen LogP contribution in [0, 0.1) is 11.8 Å². The second-order valence-electron chi connectivity index (χ2n) is 4.05. The Hall–Kier alpha value is -0.0900. The molecule has 0 aliphatic carbocycles. The monoisotopic (exact) mass is 264 g/mol. The van der Waals surface area contributed by atoms with Gasteiger partial charge in [0.2, 0.25) is 0 Å². The first-order chi connectivity index (χ1) is 6.46. The molecule has 1 unspecified atom stereocenters. The molecule has 1 heterocycles. The third-order valence-electron chi connectivity index (χ3n) is 3.24. The summed E-state index contributed by atoms with van der Waals surface area (Å²) in [7, 11) is 0. The van der Waals surface area contributed by atoms with Gasteiger partial charge in [0.25, 0.3) is 0 Å². The summed E-state index contributed by atoms with van der Waals surface area (Å²) >= 11 is 3.48. The highest BCUT2D eigenvalue weighted by atomic mass is 79.9. The van der Waals surface area contributed by atoms with Crippen LogP contribution in [0.25, 0.3) is 0 Å². The Kier molecular flexibility index (Phi) is 3.58. The lowest BCUT2D eigenvalue weighted by molar-refractivity contribution is -0.145. The quantitative estimate of drug-likeness (QED) is 0.624. The molecule has 0 radical (unpaired) electrons. The Balaban J connectivity index is 2.84. The van der Waals surface area contributed by atoms with Crippen LogP contribution in [0.2, 0.25) is 0 Å². The first-order valence-electron chi connectivity index (χ1n) is 4.96. The predicted octanol–water partition coefficient (Wildman–Crippen LogP) is 1.72. The van der Waals surface area contributed by atoms with E-state index in [1.807, 2.05) is 20.8 Å². The molecule has 1 fully saturated rings. The van der Waals surface area contributed by atoms with Crippen molar-refractivity contribution in [2.45, 2.75) is 37.6 Å². The van der Waals surface area contributed by atoms with Gasteiger partial charge in [0.15, 0.2) is 0 Å². The summed E-state index contributed by atoms with van der Waals surface area (Å²) in [6.07, 6.45) is 0.512. The Labute approximate surface area is 93.0 Å². The zero-order valence-electron chi connectivity index (χ0n) is 8.79. The lowest BCUT2D eigenvalue weighted by atomic mass is 9.85. The van der Waals surface area contributed by atoms with Crippen molar-refractivity contribution in [3.05, 3.63) is 0 Å². The minimum Gasteiger partial charge on any atom is -0.460 e. The number of carbonyl (C=O) groups excluding carboxylic acids is 1.